The molecule has 2 saturated heterocycles. The van der Waals surface area contributed by atoms with Gasteiger partial charge in [0.05, 0.1) is 35.1 Å². The van der Waals surface area contributed by atoms with E-state index in [4.69, 9.17) is 9.84 Å². The van der Waals surface area contributed by atoms with Gasteiger partial charge in [-0.15, -0.1) is 0 Å². The van der Waals surface area contributed by atoms with Crippen molar-refractivity contribution in [2.75, 3.05) is 43.4 Å². The van der Waals surface area contributed by atoms with Crippen LogP contribution in [0.2, 0.25) is 0 Å². The Kier molecular flexibility index (Phi) is 11.8. The van der Waals surface area contributed by atoms with E-state index < -0.39 is 17.6 Å². The minimum absolute atomic E-state index is 0.179. The van der Waals surface area contributed by atoms with Crippen LogP contribution in [0.3, 0.4) is 0 Å². The molecule has 1 atom stereocenters. The number of amides is 3. The number of aliphatic hydroxyl groups is 1. The molecule has 17 heteroatoms. The zero-order valence-corrected chi connectivity index (χ0v) is 36.0. The average Bonchev–Trinajstić information content (AvgIpc) is 3.73. The molecule has 17 nitrogen and oxygen atoms in total. The maximum absolute atomic E-state index is 13.6. The molecule has 4 aliphatic rings. The van der Waals surface area contributed by atoms with Gasteiger partial charge in [0.2, 0.25) is 11.8 Å². The Balaban J connectivity index is 0.733. The Morgan fingerprint density at radius 3 is 2.52 bits per heavy atom. The summed E-state index contributed by atoms with van der Waals surface area (Å²) in [5.74, 6) is 0.927. The van der Waals surface area contributed by atoms with E-state index in [1.807, 2.05) is 35.1 Å². The number of hydrogen-bond donors (Lipinski definition) is 4. The van der Waals surface area contributed by atoms with Gasteiger partial charge in [-0.2, -0.15) is 10.2 Å². The van der Waals surface area contributed by atoms with Crippen molar-refractivity contribution in [1.29, 1.82) is 0 Å². The molecule has 2 aliphatic carbocycles. The first-order chi connectivity index (χ1) is 29.9. The van der Waals surface area contributed by atoms with Gasteiger partial charge in [0.15, 0.2) is 5.65 Å². The SMILES string of the molecule is Cn1c(=O)n(C2CCC(=O)NC2=O)c2cccc(CCCOC3CCN(CC4CCC(n5cc(NC(=O)c6cnn7ccc(NCC8CC8)nc67)c(C(C)(C)O)n5)CC4)CC3)c21. The quantitative estimate of drug-likeness (QED) is 0.0843. The molecule has 4 fully saturated rings. The third-order valence-electron chi connectivity index (χ3n) is 13.3. The standard InChI is InChI=1S/C45H59N11O6/c1-45(2,61)40-34(48-42(58)33-25-47-54-22-19-37(49-41(33)54)46-24-28-9-10-28)27-55(51-40)31-13-11-29(12-14-31)26-53-20-17-32(18-21-53)62-23-5-7-30-6-4-8-35-39(30)52(3)44(60)56(35)36-15-16-38(57)50-43(36)59/h4,6,8,19,22,25,27-29,31-32,36,61H,5,7,9-18,20-21,23-24,26H2,1-3H3,(H,46,49)(H,48,58)(H,50,57,59). The maximum Gasteiger partial charge on any atom is 0.329 e. The summed E-state index contributed by atoms with van der Waals surface area (Å²) in [7, 11) is 1.74. The number of nitrogens with one attached hydrogen (secondary N) is 3. The summed E-state index contributed by atoms with van der Waals surface area (Å²) in [6.07, 6.45) is 16.1. The fraction of sp³-hybridized carbons (Fsp3) is 0.578. The van der Waals surface area contributed by atoms with E-state index in [9.17, 15) is 24.3 Å². The molecule has 0 radical (unpaired) electrons. The summed E-state index contributed by atoms with van der Waals surface area (Å²) in [5, 5.41) is 29.1. The molecule has 6 heterocycles. The monoisotopic (exact) mass is 849 g/mol. The van der Waals surface area contributed by atoms with Gasteiger partial charge in [0.1, 0.15) is 28.7 Å². The molecule has 0 bridgehead atoms. The minimum atomic E-state index is -1.26. The molecule has 9 rings (SSSR count). The van der Waals surface area contributed by atoms with Crippen molar-refractivity contribution in [3.8, 4) is 0 Å². The zero-order valence-electron chi connectivity index (χ0n) is 36.0. The number of benzene rings is 1. The van der Waals surface area contributed by atoms with Crippen molar-refractivity contribution >= 4 is 45.9 Å². The Hall–Kier alpha value is -5.39. The molecule has 0 spiro atoms. The zero-order chi connectivity index (χ0) is 43.1. The Morgan fingerprint density at radius 1 is 1.00 bits per heavy atom. The second-order valence-electron chi connectivity index (χ2n) is 18.5. The van der Waals surface area contributed by atoms with Gasteiger partial charge >= 0.3 is 5.69 Å². The molecule has 1 unspecified atom stereocenters. The van der Waals surface area contributed by atoms with Gasteiger partial charge in [-0.1, -0.05) is 12.1 Å². The van der Waals surface area contributed by atoms with Crippen LogP contribution in [-0.2, 0) is 33.4 Å². The van der Waals surface area contributed by atoms with Crippen molar-refractivity contribution in [2.45, 2.75) is 115 Å². The van der Waals surface area contributed by atoms with Crippen LogP contribution < -0.4 is 21.6 Å². The first-order valence-electron chi connectivity index (χ1n) is 22.5. The highest BCUT2D eigenvalue weighted by Crippen LogP contribution is 2.36. The molecule has 3 amide bonds. The van der Waals surface area contributed by atoms with Crippen LogP contribution in [0.1, 0.15) is 118 Å². The number of ether oxygens (including phenoxy) is 1. The van der Waals surface area contributed by atoms with Crippen molar-refractivity contribution in [3.05, 3.63) is 70.2 Å². The summed E-state index contributed by atoms with van der Waals surface area (Å²) in [5.41, 5.74) is 2.81. The highest BCUT2D eigenvalue weighted by molar-refractivity contribution is 6.08. The number of imide groups is 1. The van der Waals surface area contributed by atoms with E-state index in [2.05, 4.69) is 30.9 Å². The van der Waals surface area contributed by atoms with Gasteiger partial charge < -0.3 is 25.4 Å². The van der Waals surface area contributed by atoms with Crippen LogP contribution in [0.15, 0.2) is 47.7 Å². The second-order valence-corrected chi connectivity index (χ2v) is 18.5. The van der Waals surface area contributed by atoms with Gasteiger partial charge in [0.25, 0.3) is 5.91 Å². The predicted molar refractivity (Wildman–Crippen MR) is 233 cm³/mol. The third-order valence-corrected chi connectivity index (χ3v) is 13.3. The van der Waals surface area contributed by atoms with E-state index in [1.54, 1.807) is 36.2 Å². The molecule has 4 aromatic heterocycles. The molecular weight excluding hydrogens is 791 g/mol. The highest BCUT2D eigenvalue weighted by Gasteiger charge is 2.33. The van der Waals surface area contributed by atoms with Crippen LogP contribution >= 0.6 is 0 Å². The molecule has 5 aromatic rings. The predicted octanol–water partition coefficient (Wildman–Crippen LogP) is 4.70. The highest BCUT2D eigenvalue weighted by atomic mass is 16.5. The Bertz CT molecular complexity index is 2510. The first kappa shape index (κ1) is 41.9. The van der Waals surface area contributed by atoms with Crippen LogP contribution in [0.25, 0.3) is 16.7 Å². The van der Waals surface area contributed by atoms with Crippen molar-refractivity contribution in [1.82, 2.24) is 43.7 Å². The van der Waals surface area contributed by atoms with Gasteiger partial charge in [0, 0.05) is 58.6 Å². The molecule has 4 N–H and O–H groups in total. The van der Waals surface area contributed by atoms with Crippen molar-refractivity contribution in [3.63, 3.8) is 0 Å². The number of fused-ring (bicyclic) bond motifs is 2. The van der Waals surface area contributed by atoms with E-state index in [1.165, 1.54) is 23.6 Å². The lowest BCUT2D eigenvalue weighted by atomic mass is 9.85. The van der Waals surface area contributed by atoms with E-state index in [0.29, 0.717) is 58.8 Å². The van der Waals surface area contributed by atoms with Crippen LogP contribution in [0, 0.1) is 11.8 Å². The van der Waals surface area contributed by atoms with Gasteiger partial charge in [-0.05, 0) is 114 Å². The molecule has 330 valence electrons. The molecule has 1 aromatic carbocycles. The van der Waals surface area contributed by atoms with Crippen molar-refractivity contribution < 1.29 is 24.2 Å². The first-order valence-corrected chi connectivity index (χ1v) is 22.5. The number of para-hydroxylation sites is 1. The van der Waals surface area contributed by atoms with Gasteiger partial charge in [-0.3, -0.25) is 33.5 Å². The van der Waals surface area contributed by atoms with E-state index in [-0.39, 0.29) is 36.1 Å². The second kappa shape index (κ2) is 17.4. The lowest BCUT2D eigenvalue weighted by molar-refractivity contribution is -0.135. The number of nitrogens with zero attached hydrogens (tertiary/aromatic N) is 8. The normalized spacial score (nSPS) is 21.8. The number of carbonyl (C=O) groups is 3. The number of hydrogen-bond acceptors (Lipinski definition) is 11. The summed E-state index contributed by atoms with van der Waals surface area (Å²) in [6.45, 7) is 7.98. The lowest BCUT2D eigenvalue weighted by Crippen LogP contribution is -2.44. The largest absolute Gasteiger partial charge is 0.384 e. The number of carbonyl (C=O) groups excluding carboxylic acids is 3. The number of piperidine rings is 2. The van der Waals surface area contributed by atoms with Crippen LogP contribution in [0.4, 0.5) is 11.5 Å². The molecule has 2 aliphatic heterocycles. The minimum Gasteiger partial charge on any atom is -0.384 e. The smallest absolute Gasteiger partial charge is 0.329 e. The summed E-state index contributed by atoms with van der Waals surface area (Å²) in [6, 6.07) is 7.18. The van der Waals surface area contributed by atoms with E-state index in [0.717, 1.165) is 88.6 Å². The fourth-order valence-electron chi connectivity index (χ4n) is 9.69. The summed E-state index contributed by atoms with van der Waals surface area (Å²) in [4.78, 5) is 58.6. The summed E-state index contributed by atoms with van der Waals surface area (Å²) >= 11 is 0. The molecule has 62 heavy (non-hydrogen) atoms. The number of imidazole rings is 1. The molecular formula is C45H59N11O6. The number of anilines is 2. The molecule has 2 saturated carbocycles. The number of likely N-dealkylation sites (tertiary alicyclic amines) is 1. The Labute approximate surface area is 360 Å². The third kappa shape index (κ3) is 8.93. The summed E-state index contributed by atoms with van der Waals surface area (Å²) < 4.78 is 13.1. The van der Waals surface area contributed by atoms with Crippen LogP contribution in [-0.4, -0.2) is 100 Å². The Morgan fingerprint density at radius 2 is 1.77 bits per heavy atom. The van der Waals surface area contributed by atoms with Gasteiger partial charge in [-0.25, -0.2) is 14.3 Å². The lowest BCUT2D eigenvalue weighted by Gasteiger charge is -2.36. The van der Waals surface area contributed by atoms with Crippen molar-refractivity contribution in [2.24, 2.45) is 18.9 Å². The topological polar surface area (TPSA) is 195 Å². The van der Waals surface area contributed by atoms with Crippen LogP contribution in [0.5, 0.6) is 0 Å². The fourth-order valence-corrected chi connectivity index (χ4v) is 9.69. The number of aryl methyl sites for hydroxylation is 2. The van der Waals surface area contributed by atoms with E-state index >= 15 is 0 Å². The number of rotatable bonds is 15. The maximum atomic E-state index is 13.6. The number of aromatic nitrogens is 7. The average molecular weight is 850 g/mol.